The number of hydrogen-bond acceptors (Lipinski definition) is 5. The van der Waals surface area contributed by atoms with Crippen LogP contribution in [-0.4, -0.2) is 7.11 Å². The fourth-order valence-corrected chi connectivity index (χ4v) is 2.00. The number of benzene rings is 1. The average molecular weight is 310 g/mol. The molecule has 0 bridgehead atoms. The molecule has 0 atom stereocenters. The first-order valence-electron chi connectivity index (χ1n) is 5.87. The van der Waals surface area contributed by atoms with Crippen LogP contribution >= 0.6 is 0 Å². The van der Waals surface area contributed by atoms with Crippen molar-refractivity contribution in [1.82, 2.24) is 0 Å². The van der Waals surface area contributed by atoms with Crippen LogP contribution in [0, 0.1) is 10.2 Å². The predicted octanol–water partition coefficient (Wildman–Crippen LogP) is -2.17. The second-order valence-electron chi connectivity index (χ2n) is 4.15. The molecule has 0 N–H and O–H groups in total. The maximum Gasteiger partial charge on any atom is 0.253 e. The van der Waals surface area contributed by atoms with Crippen LogP contribution in [-0.2, 0) is 0 Å². The molecule has 0 saturated heterocycles. The summed E-state index contributed by atoms with van der Waals surface area (Å²) >= 11 is 0. The molecule has 0 aliphatic carbocycles. The van der Waals surface area contributed by atoms with Crippen LogP contribution < -0.4 is 27.8 Å². The van der Waals surface area contributed by atoms with Gasteiger partial charge in [0.05, 0.1) is 7.11 Å². The molecule has 2 aromatic heterocycles. The van der Waals surface area contributed by atoms with Gasteiger partial charge in [-0.05, 0) is 17.5 Å². The minimum absolute atomic E-state index is 0.897. The highest BCUT2D eigenvalue weighted by molar-refractivity contribution is 5.84. The van der Waals surface area contributed by atoms with Crippen molar-refractivity contribution in [2.24, 2.45) is 0 Å². The molecule has 6 nitrogen and oxygen atoms in total. The van der Waals surface area contributed by atoms with Crippen LogP contribution in [0.1, 0.15) is 0 Å². The lowest BCUT2D eigenvalue weighted by molar-refractivity contribution is -2.00. The van der Waals surface area contributed by atoms with Crippen molar-refractivity contribution in [1.29, 1.82) is 0 Å². The Kier molecular flexibility index (Phi) is 4.56. The Balaban J connectivity index is 0.000000282. The molecule has 7 heteroatoms. The summed E-state index contributed by atoms with van der Waals surface area (Å²) in [6.07, 6.45) is 4.15. The quantitative estimate of drug-likeness (QED) is 0.376. The molecule has 2 heterocycles. The summed E-state index contributed by atoms with van der Waals surface area (Å²) in [5, 5.41) is 2.46. The van der Waals surface area contributed by atoms with Gasteiger partial charge in [-0.3, -0.25) is 0 Å². The lowest BCUT2D eigenvalue weighted by atomic mass is 10.1. The molecule has 1 aromatic carbocycles. The number of aromatic nitrogens is 1. The van der Waals surface area contributed by atoms with Gasteiger partial charge in [0.2, 0.25) is 0 Å². The Morgan fingerprint density at radius 3 is 2.19 bits per heavy atom. The van der Waals surface area contributed by atoms with Gasteiger partial charge in [0.1, 0.15) is 0 Å². The van der Waals surface area contributed by atoms with Crippen LogP contribution in [0.4, 0.5) is 0 Å². The van der Waals surface area contributed by atoms with Gasteiger partial charge in [-0.25, -0.2) is 18.6 Å². The van der Waals surface area contributed by atoms with Crippen LogP contribution in [0.5, 0.6) is 5.75 Å². The standard InChI is InChI=1S/C14H12NO.ClHO4/c1-16-14-7-4-8-15-10-12-6-3-2-5-11(12)9-13(14)15;2-1(3,4)5/h2-10H,1H3;(H,2,3,4,5)/q+1;/p-1. The van der Waals surface area contributed by atoms with Gasteiger partial charge in [-0.15, -0.1) is 10.2 Å². The predicted molar refractivity (Wildman–Crippen MR) is 63.7 cm³/mol. The number of rotatable bonds is 1. The zero-order chi connectivity index (χ0) is 15.5. The van der Waals surface area contributed by atoms with E-state index in [9.17, 15) is 0 Å². The van der Waals surface area contributed by atoms with Gasteiger partial charge < -0.3 is 4.74 Å². The zero-order valence-electron chi connectivity index (χ0n) is 11.1. The van der Waals surface area contributed by atoms with Gasteiger partial charge in [0, 0.05) is 17.5 Å². The highest BCUT2D eigenvalue weighted by Crippen LogP contribution is 2.19. The molecule has 0 aliphatic rings. The third kappa shape index (κ3) is 4.25. The topological polar surface area (TPSA) is 106 Å². The van der Waals surface area contributed by atoms with Gasteiger partial charge in [0.25, 0.3) is 5.52 Å². The number of halogens is 1. The van der Waals surface area contributed by atoms with Crippen LogP contribution in [0.15, 0.2) is 54.9 Å². The van der Waals surface area contributed by atoms with Crippen molar-refractivity contribution in [2.75, 3.05) is 7.11 Å². The van der Waals surface area contributed by atoms with Gasteiger partial charge in [-0.1, -0.05) is 18.2 Å². The number of methoxy groups -OCH3 is 1. The maximum atomic E-state index is 8.49. The van der Waals surface area contributed by atoms with Crippen molar-refractivity contribution in [3.63, 3.8) is 0 Å². The minimum atomic E-state index is -4.94. The van der Waals surface area contributed by atoms with E-state index < -0.39 is 10.2 Å². The molecule has 3 aromatic rings. The SMILES string of the molecule is COc1ccc[n+]2cc3ccccc3cc12.[O-][Cl+3]([O-])([O-])[O-]. The Morgan fingerprint density at radius 1 is 0.952 bits per heavy atom. The molecule has 3 rings (SSSR count). The van der Waals surface area contributed by atoms with Crippen molar-refractivity contribution in [2.45, 2.75) is 0 Å². The van der Waals surface area contributed by atoms with Crippen LogP contribution in [0.3, 0.4) is 0 Å². The molecule has 0 aliphatic heterocycles. The van der Waals surface area contributed by atoms with Crippen molar-refractivity contribution >= 4 is 16.3 Å². The second-order valence-corrected chi connectivity index (χ2v) is 4.91. The molecule has 110 valence electrons. The first-order chi connectivity index (χ1) is 9.88. The molecule has 21 heavy (non-hydrogen) atoms. The van der Waals surface area contributed by atoms with E-state index in [1.165, 1.54) is 10.8 Å². The number of hydrogen-bond donors (Lipinski definition) is 0. The molecule has 0 spiro atoms. The fourth-order valence-electron chi connectivity index (χ4n) is 2.00. The summed E-state index contributed by atoms with van der Waals surface area (Å²) in [6.45, 7) is 0. The zero-order valence-corrected chi connectivity index (χ0v) is 11.8. The normalized spacial score (nSPS) is 11.1. The Hall–Kier alpha value is -1.96. The molecule has 0 amide bonds. The summed E-state index contributed by atoms with van der Waals surface area (Å²) in [4.78, 5) is 0. The molecular weight excluding hydrogens is 298 g/mol. The summed E-state index contributed by atoms with van der Waals surface area (Å²) in [6, 6.07) is 14.4. The molecule has 0 fully saturated rings. The maximum absolute atomic E-state index is 8.49. The van der Waals surface area contributed by atoms with E-state index >= 15 is 0 Å². The summed E-state index contributed by atoms with van der Waals surface area (Å²) in [7, 11) is -3.25. The van der Waals surface area contributed by atoms with Gasteiger partial charge in [0.15, 0.2) is 18.1 Å². The largest absolute Gasteiger partial charge is 0.490 e. The summed E-state index contributed by atoms with van der Waals surface area (Å²) in [5.41, 5.74) is 1.09. The van der Waals surface area contributed by atoms with Crippen molar-refractivity contribution < 1.29 is 38.0 Å². The smallest absolute Gasteiger partial charge is 0.253 e. The summed E-state index contributed by atoms with van der Waals surface area (Å²) in [5.74, 6) is 0.897. The third-order valence-electron chi connectivity index (χ3n) is 2.81. The monoisotopic (exact) mass is 309 g/mol. The lowest BCUT2D eigenvalue weighted by Crippen LogP contribution is -2.68. The van der Waals surface area contributed by atoms with E-state index in [2.05, 4.69) is 34.9 Å². The lowest BCUT2D eigenvalue weighted by Gasteiger charge is -2.17. The van der Waals surface area contributed by atoms with Gasteiger partial charge >= 0.3 is 0 Å². The fraction of sp³-hybridized carbons (Fsp3) is 0.0714. The Bertz CT molecular complexity index is 751. The number of fused-ring (bicyclic) bond motifs is 2. The molecule has 0 unspecified atom stereocenters. The van der Waals surface area contributed by atoms with E-state index in [0.717, 1.165) is 11.3 Å². The molecule has 0 saturated carbocycles. The Labute approximate surface area is 122 Å². The molecular formula is C14H12ClNO5. The first-order valence-corrected chi connectivity index (χ1v) is 7.10. The van der Waals surface area contributed by atoms with E-state index in [1.54, 1.807) is 7.11 Å². The first kappa shape index (κ1) is 15.4. The number of nitrogens with zero attached hydrogens (tertiary/aromatic N) is 1. The van der Waals surface area contributed by atoms with Gasteiger partial charge in [-0.2, -0.15) is 4.40 Å². The van der Waals surface area contributed by atoms with E-state index in [1.807, 2.05) is 24.4 Å². The van der Waals surface area contributed by atoms with E-state index in [4.69, 9.17) is 23.4 Å². The van der Waals surface area contributed by atoms with Crippen molar-refractivity contribution in [3.8, 4) is 5.75 Å². The van der Waals surface area contributed by atoms with Crippen molar-refractivity contribution in [3.05, 3.63) is 54.9 Å². The van der Waals surface area contributed by atoms with Crippen LogP contribution in [0.25, 0.3) is 16.3 Å². The second kappa shape index (κ2) is 6.21. The third-order valence-corrected chi connectivity index (χ3v) is 2.81. The average Bonchev–Trinajstić information content (AvgIpc) is 2.42. The Morgan fingerprint density at radius 2 is 1.57 bits per heavy atom. The highest BCUT2D eigenvalue weighted by atomic mass is 35.7. The number of ether oxygens (including phenoxy) is 1. The highest BCUT2D eigenvalue weighted by Gasteiger charge is 2.09. The number of pyridine rings is 2. The molecule has 0 radical (unpaired) electrons. The summed E-state index contributed by atoms with van der Waals surface area (Å²) < 4.78 is 41.4. The minimum Gasteiger partial charge on any atom is -0.490 e. The van der Waals surface area contributed by atoms with E-state index in [0.29, 0.717) is 0 Å². The van der Waals surface area contributed by atoms with E-state index in [-0.39, 0.29) is 0 Å². The van der Waals surface area contributed by atoms with Crippen LogP contribution in [0.2, 0.25) is 0 Å².